The lowest BCUT2D eigenvalue weighted by molar-refractivity contribution is -0.119. The fourth-order valence-electron chi connectivity index (χ4n) is 1.99. The van der Waals surface area contributed by atoms with Gasteiger partial charge in [0.25, 0.3) is 10.8 Å². The van der Waals surface area contributed by atoms with Crippen LogP contribution in [0.1, 0.15) is 31.0 Å². The molecule has 2 N–H and O–H groups in total. The second kappa shape index (κ2) is 7.47. The number of hydrogen-bond donors (Lipinski definition) is 2. The number of hydrogen-bond acceptors (Lipinski definition) is 7. The molecule has 1 amide bonds. The third-order valence-corrected chi connectivity index (χ3v) is 3.99. The number of carbonyl (C=O) groups excluding carboxylic acids is 1. The van der Waals surface area contributed by atoms with Crippen molar-refractivity contribution < 1.29 is 9.21 Å². The van der Waals surface area contributed by atoms with Crippen LogP contribution in [-0.4, -0.2) is 37.5 Å². The highest BCUT2D eigenvalue weighted by Crippen LogP contribution is 2.17. The smallest absolute Gasteiger partial charge is 0.328 e. The molecule has 0 atom stereocenters. The summed E-state index contributed by atoms with van der Waals surface area (Å²) in [4.78, 5) is 37.8. The third kappa shape index (κ3) is 4.34. The van der Waals surface area contributed by atoms with Crippen LogP contribution in [-0.2, 0) is 18.3 Å². The first-order valence-corrected chi connectivity index (χ1v) is 8.29. The minimum atomic E-state index is -0.473. The first-order valence-electron chi connectivity index (χ1n) is 7.31. The number of carbonyl (C=O) groups is 1. The molecule has 0 saturated carbocycles. The lowest BCUT2D eigenvalue weighted by atomic mass is 10.2. The molecule has 2 heterocycles. The second-order valence-corrected chi connectivity index (χ2v) is 6.47. The maximum Gasteiger partial charge on any atom is 0.328 e. The molecule has 0 radical (unpaired) electrons. The summed E-state index contributed by atoms with van der Waals surface area (Å²) in [5.41, 5.74) is -0.0270. The van der Waals surface area contributed by atoms with E-state index < -0.39 is 11.2 Å². The first-order chi connectivity index (χ1) is 11.3. The molecule has 130 valence electrons. The van der Waals surface area contributed by atoms with Gasteiger partial charge in [0.1, 0.15) is 0 Å². The molecule has 0 fully saturated rings. The van der Waals surface area contributed by atoms with Crippen molar-refractivity contribution in [1.82, 2.24) is 25.1 Å². The average molecular weight is 353 g/mol. The van der Waals surface area contributed by atoms with E-state index in [1.54, 1.807) is 6.92 Å². The molecule has 0 aliphatic carbocycles. The number of thioether (sulfide) groups is 1. The van der Waals surface area contributed by atoms with E-state index in [1.807, 2.05) is 13.8 Å². The number of aromatic amines is 1. The van der Waals surface area contributed by atoms with Gasteiger partial charge in [0.2, 0.25) is 11.8 Å². The molecule has 0 aromatic carbocycles. The fourth-order valence-corrected chi connectivity index (χ4v) is 2.58. The Balaban J connectivity index is 2.07. The van der Waals surface area contributed by atoms with Crippen molar-refractivity contribution in [3.8, 4) is 0 Å². The topological polar surface area (TPSA) is 123 Å². The molecule has 0 spiro atoms. The number of amides is 1. The van der Waals surface area contributed by atoms with Gasteiger partial charge in [-0.15, -0.1) is 10.2 Å². The van der Waals surface area contributed by atoms with E-state index in [1.165, 1.54) is 7.05 Å². The Bertz CT molecular complexity index is 852. The molecule has 2 aromatic heterocycles. The van der Waals surface area contributed by atoms with Crippen molar-refractivity contribution in [2.75, 3.05) is 5.75 Å². The van der Waals surface area contributed by atoms with Gasteiger partial charge in [0, 0.05) is 24.3 Å². The molecule has 2 aromatic rings. The summed E-state index contributed by atoms with van der Waals surface area (Å²) < 4.78 is 6.43. The van der Waals surface area contributed by atoms with Crippen molar-refractivity contribution in [3.05, 3.63) is 38.0 Å². The maximum atomic E-state index is 12.1. The second-order valence-electron chi connectivity index (χ2n) is 5.55. The van der Waals surface area contributed by atoms with Crippen LogP contribution in [0.2, 0.25) is 0 Å². The maximum absolute atomic E-state index is 12.1. The van der Waals surface area contributed by atoms with E-state index in [4.69, 9.17) is 4.42 Å². The molecule has 2 rings (SSSR count). The van der Waals surface area contributed by atoms with Gasteiger partial charge >= 0.3 is 5.69 Å². The van der Waals surface area contributed by atoms with E-state index in [9.17, 15) is 14.4 Å². The molecule has 0 unspecified atom stereocenters. The van der Waals surface area contributed by atoms with Gasteiger partial charge in [-0.25, -0.2) is 4.79 Å². The number of aryl methyl sites for hydroxylation is 1. The Labute approximate surface area is 141 Å². The molecular weight excluding hydrogens is 334 g/mol. The predicted octanol–water partition coefficient (Wildman–Crippen LogP) is -0.0275. The van der Waals surface area contributed by atoms with E-state index in [2.05, 4.69) is 20.5 Å². The van der Waals surface area contributed by atoms with E-state index in [0.29, 0.717) is 11.3 Å². The third-order valence-electron chi connectivity index (χ3n) is 3.17. The Morgan fingerprint density at radius 2 is 2.08 bits per heavy atom. The summed E-state index contributed by atoms with van der Waals surface area (Å²) in [7, 11) is 1.40. The molecule has 24 heavy (non-hydrogen) atoms. The lowest BCUT2D eigenvalue weighted by Gasteiger charge is -2.06. The number of aromatic nitrogens is 4. The van der Waals surface area contributed by atoms with Crippen LogP contribution in [0.15, 0.2) is 19.2 Å². The summed E-state index contributed by atoms with van der Waals surface area (Å²) in [5.74, 6) is 0.285. The van der Waals surface area contributed by atoms with Crippen LogP contribution in [0.25, 0.3) is 0 Å². The van der Waals surface area contributed by atoms with Crippen LogP contribution < -0.4 is 16.6 Å². The van der Waals surface area contributed by atoms with Gasteiger partial charge in [0.15, 0.2) is 0 Å². The highest BCUT2D eigenvalue weighted by Gasteiger charge is 2.15. The summed E-state index contributed by atoms with van der Waals surface area (Å²) in [6.07, 6.45) is 0.112. The Kier molecular flexibility index (Phi) is 5.60. The van der Waals surface area contributed by atoms with Gasteiger partial charge in [-0.1, -0.05) is 11.8 Å². The van der Waals surface area contributed by atoms with Crippen molar-refractivity contribution >= 4 is 17.7 Å². The van der Waals surface area contributed by atoms with Crippen LogP contribution >= 0.6 is 11.8 Å². The largest absolute Gasteiger partial charge is 0.416 e. The Morgan fingerprint density at radius 3 is 2.75 bits per heavy atom. The lowest BCUT2D eigenvalue weighted by Crippen LogP contribution is -2.36. The van der Waals surface area contributed by atoms with Gasteiger partial charge < -0.3 is 14.7 Å². The normalized spacial score (nSPS) is 11.0. The molecule has 10 heteroatoms. The van der Waals surface area contributed by atoms with E-state index >= 15 is 0 Å². The Hall–Kier alpha value is -2.36. The van der Waals surface area contributed by atoms with E-state index in [0.717, 1.165) is 16.3 Å². The van der Waals surface area contributed by atoms with Gasteiger partial charge in [0.05, 0.1) is 12.2 Å². The predicted molar refractivity (Wildman–Crippen MR) is 88.1 cm³/mol. The Morgan fingerprint density at radius 1 is 1.38 bits per heavy atom. The number of rotatable bonds is 6. The van der Waals surface area contributed by atoms with Crippen LogP contribution in [0, 0.1) is 6.92 Å². The summed E-state index contributed by atoms with van der Waals surface area (Å²) in [6.45, 7) is 5.39. The monoisotopic (exact) mass is 353 g/mol. The van der Waals surface area contributed by atoms with Crippen LogP contribution in [0.4, 0.5) is 0 Å². The zero-order chi connectivity index (χ0) is 17.9. The molecule has 0 bridgehead atoms. The summed E-state index contributed by atoms with van der Waals surface area (Å²) in [6, 6.07) is 0.0655. The summed E-state index contributed by atoms with van der Waals surface area (Å²) >= 11 is 1.12. The highest BCUT2D eigenvalue weighted by molar-refractivity contribution is 7.99. The van der Waals surface area contributed by atoms with Crippen molar-refractivity contribution in [2.45, 2.75) is 38.5 Å². The molecular formula is C14H19N5O4S. The molecule has 0 saturated heterocycles. The standard InChI is InChI=1S/C14H19N5O4S/c1-7(2)15-10(20)6-24-14-18-17-11(23-14)5-9-8(3)16-13(22)19(4)12(9)21/h7H,5-6H2,1-4H3,(H,15,20)(H,16,22). The van der Waals surface area contributed by atoms with Gasteiger partial charge in [-0.3, -0.25) is 14.2 Å². The van der Waals surface area contributed by atoms with Gasteiger partial charge in [-0.05, 0) is 20.8 Å². The number of H-pyrrole nitrogens is 1. The zero-order valence-electron chi connectivity index (χ0n) is 13.9. The SMILES string of the molecule is Cc1[nH]c(=O)n(C)c(=O)c1Cc1nnc(SCC(=O)NC(C)C)o1. The number of nitrogens with zero attached hydrogens (tertiary/aromatic N) is 3. The highest BCUT2D eigenvalue weighted by atomic mass is 32.2. The van der Waals surface area contributed by atoms with Crippen LogP contribution in [0.3, 0.4) is 0 Å². The van der Waals surface area contributed by atoms with Crippen molar-refractivity contribution in [3.63, 3.8) is 0 Å². The quantitative estimate of drug-likeness (QED) is 0.699. The molecule has 0 aliphatic rings. The first kappa shape index (κ1) is 18.0. The minimum Gasteiger partial charge on any atom is -0.416 e. The zero-order valence-corrected chi connectivity index (χ0v) is 14.7. The number of nitrogens with one attached hydrogen (secondary N) is 2. The van der Waals surface area contributed by atoms with Crippen LogP contribution in [0.5, 0.6) is 0 Å². The minimum absolute atomic E-state index is 0.0655. The summed E-state index contributed by atoms with van der Waals surface area (Å²) in [5, 5.41) is 10.7. The van der Waals surface area contributed by atoms with Crippen molar-refractivity contribution in [1.29, 1.82) is 0 Å². The molecule has 9 nitrogen and oxygen atoms in total. The van der Waals surface area contributed by atoms with E-state index in [-0.39, 0.29) is 35.2 Å². The molecule has 0 aliphatic heterocycles. The van der Waals surface area contributed by atoms with Crippen molar-refractivity contribution in [2.24, 2.45) is 7.05 Å². The van der Waals surface area contributed by atoms with Gasteiger partial charge in [-0.2, -0.15) is 0 Å². The average Bonchev–Trinajstić information content (AvgIpc) is 2.94. The fraction of sp³-hybridized carbons (Fsp3) is 0.500.